The van der Waals surface area contributed by atoms with Gasteiger partial charge >= 0.3 is 5.97 Å². The molecule has 1 aromatic rings. The minimum Gasteiger partial charge on any atom is -0.490 e. The number of carbonyl (C=O) groups is 1. The molecule has 0 N–H and O–H groups in total. The van der Waals surface area contributed by atoms with Crippen LogP contribution >= 0.6 is 15.9 Å². The molecule has 0 unspecified atom stereocenters. The van der Waals surface area contributed by atoms with Gasteiger partial charge in [0.1, 0.15) is 19.0 Å². The zero-order valence-electron chi connectivity index (χ0n) is 9.90. The minimum absolute atomic E-state index is 0.249. The largest absolute Gasteiger partial charge is 0.490 e. The van der Waals surface area contributed by atoms with E-state index in [-0.39, 0.29) is 12.6 Å². The minimum atomic E-state index is -0.329. The van der Waals surface area contributed by atoms with E-state index in [0.717, 1.165) is 15.8 Å². The van der Waals surface area contributed by atoms with Crippen molar-refractivity contribution in [3.05, 3.63) is 40.4 Å². The van der Waals surface area contributed by atoms with Crippen LogP contribution in [0.1, 0.15) is 13.8 Å². The summed E-state index contributed by atoms with van der Waals surface area (Å²) < 4.78 is 11.3. The van der Waals surface area contributed by atoms with Crippen LogP contribution in [0.5, 0.6) is 5.75 Å². The van der Waals surface area contributed by atoms with E-state index in [0.29, 0.717) is 6.61 Å². The SMILES string of the molecule is CC(C)=CC(=O)OCCOc1ccc(Br)cc1. The van der Waals surface area contributed by atoms with Crippen molar-refractivity contribution >= 4 is 21.9 Å². The first-order chi connectivity index (χ1) is 8.08. The third kappa shape index (κ3) is 6.12. The first kappa shape index (κ1) is 13.8. The van der Waals surface area contributed by atoms with Crippen molar-refractivity contribution in [1.82, 2.24) is 0 Å². The van der Waals surface area contributed by atoms with Crippen molar-refractivity contribution in [2.24, 2.45) is 0 Å². The van der Waals surface area contributed by atoms with Crippen LogP contribution in [0.3, 0.4) is 0 Å². The number of halogens is 1. The fourth-order valence-corrected chi connectivity index (χ4v) is 1.37. The van der Waals surface area contributed by atoms with Crippen LogP contribution in [0.25, 0.3) is 0 Å². The van der Waals surface area contributed by atoms with Gasteiger partial charge in [0.05, 0.1) is 0 Å². The predicted octanol–water partition coefficient (Wildman–Crippen LogP) is 3.34. The average Bonchev–Trinajstić information content (AvgIpc) is 2.26. The molecule has 0 fully saturated rings. The summed E-state index contributed by atoms with van der Waals surface area (Å²) in [6.45, 7) is 4.29. The number of allylic oxidation sites excluding steroid dienone is 1. The average molecular weight is 299 g/mol. The molecule has 0 saturated carbocycles. The van der Waals surface area contributed by atoms with Crippen LogP contribution in [0.2, 0.25) is 0 Å². The van der Waals surface area contributed by atoms with Gasteiger partial charge in [0, 0.05) is 10.5 Å². The summed E-state index contributed by atoms with van der Waals surface area (Å²) in [7, 11) is 0. The van der Waals surface area contributed by atoms with Crippen molar-refractivity contribution in [2.45, 2.75) is 13.8 Å². The molecule has 0 amide bonds. The summed E-state index contributed by atoms with van der Waals surface area (Å²) in [4.78, 5) is 11.1. The van der Waals surface area contributed by atoms with Gasteiger partial charge in [0.25, 0.3) is 0 Å². The zero-order valence-corrected chi connectivity index (χ0v) is 11.5. The summed E-state index contributed by atoms with van der Waals surface area (Å²) in [6.07, 6.45) is 1.46. The standard InChI is InChI=1S/C13H15BrO3/c1-10(2)9-13(15)17-8-7-16-12-5-3-11(14)4-6-12/h3-6,9H,7-8H2,1-2H3. The van der Waals surface area contributed by atoms with E-state index in [1.54, 1.807) is 0 Å². The third-order valence-electron chi connectivity index (χ3n) is 1.82. The van der Waals surface area contributed by atoms with Gasteiger partial charge in [0.15, 0.2) is 0 Å². The molecule has 92 valence electrons. The lowest BCUT2D eigenvalue weighted by Crippen LogP contribution is -2.10. The second-order valence-corrected chi connectivity index (χ2v) is 4.61. The van der Waals surface area contributed by atoms with Crippen LogP contribution in [-0.4, -0.2) is 19.2 Å². The molecule has 0 aliphatic rings. The molecule has 1 aromatic carbocycles. The Bertz CT molecular complexity index is 392. The lowest BCUT2D eigenvalue weighted by Gasteiger charge is -2.06. The monoisotopic (exact) mass is 298 g/mol. The Labute approximate surface area is 110 Å². The maximum Gasteiger partial charge on any atom is 0.330 e. The third-order valence-corrected chi connectivity index (χ3v) is 2.35. The lowest BCUT2D eigenvalue weighted by molar-refractivity contribution is -0.138. The first-order valence-electron chi connectivity index (χ1n) is 5.28. The zero-order chi connectivity index (χ0) is 12.7. The summed E-state index contributed by atoms with van der Waals surface area (Å²) in [5.74, 6) is 0.427. The Balaban J connectivity index is 2.22. The maximum absolute atomic E-state index is 11.1. The first-order valence-corrected chi connectivity index (χ1v) is 6.07. The van der Waals surface area contributed by atoms with Gasteiger partial charge < -0.3 is 9.47 Å². The van der Waals surface area contributed by atoms with Gasteiger partial charge in [-0.15, -0.1) is 0 Å². The molecule has 0 atom stereocenters. The smallest absolute Gasteiger partial charge is 0.330 e. The molecule has 0 aromatic heterocycles. The van der Waals surface area contributed by atoms with Crippen LogP contribution in [0.4, 0.5) is 0 Å². The molecule has 0 bridgehead atoms. The Kier molecular flexibility index (Phi) is 5.77. The molecule has 0 radical (unpaired) electrons. The fraction of sp³-hybridized carbons (Fsp3) is 0.308. The molecular formula is C13H15BrO3. The topological polar surface area (TPSA) is 35.5 Å². The fourth-order valence-electron chi connectivity index (χ4n) is 1.11. The number of hydrogen-bond acceptors (Lipinski definition) is 3. The number of rotatable bonds is 5. The highest BCUT2D eigenvalue weighted by molar-refractivity contribution is 9.10. The van der Waals surface area contributed by atoms with Gasteiger partial charge in [-0.25, -0.2) is 4.79 Å². The Morgan fingerprint density at radius 1 is 1.24 bits per heavy atom. The Hall–Kier alpha value is -1.29. The molecule has 1 rings (SSSR count). The van der Waals surface area contributed by atoms with Crippen molar-refractivity contribution in [1.29, 1.82) is 0 Å². The van der Waals surface area contributed by atoms with Crippen molar-refractivity contribution in [3.63, 3.8) is 0 Å². The number of benzene rings is 1. The summed E-state index contributed by atoms with van der Waals surface area (Å²) in [6, 6.07) is 7.49. The number of esters is 1. The summed E-state index contributed by atoms with van der Waals surface area (Å²) in [5.41, 5.74) is 0.920. The maximum atomic E-state index is 11.1. The molecule has 0 spiro atoms. The van der Waals surface area contributed by atoms with Gasteiger partial charge in [-0.2, -0.15) is 0 Å². The van der Waals surface area contributed by atoms with Gasteiger partial charge in [-0.05, 0) is 38.1 Å². The predicted molar refractivity (Wildman–Crippen MR) is 70.0 cm³/mol. The quantitative estimate of drug-likeness (QED) is 0.475. The lowest BCUT2D eigenvalue weighted by atomic mass is 10.3. The molecule has 17 heavy (non-hydrogen) atoms. The van der Waals surface area contributed by atoms with E-state index < -0.39 is 0 Å². The highest BCUT2D eigenvalue weighted by atomic mass is 79.9. The number of ether oxygens (including phenoxy) is 2. The van der Waals surface area contributed by atoms with E-state index in [1.165, 1.54) is 6.08 Å². The van der Waals surface area contributed by atoms with Crippen LogP contribution in [0.15, 0.2) is 40.4 Å². The molecule has 3 nitrogen and oxygen atoms in total. The van der Waals surface area contributed by atoms with E-state index >= 15 is 0 Å². The van der Waals surface area contributed by atoms with Crippen LogP contribution < -0.4 is 4.74 Å². The van der Waals surface area contributed by atoms with Gasteiger partial charge in [-0.1, -0.05) is 21.5 Å². The van der Waals surface area contributed by atoms with E-state index in [4.69, 9.17) is 9.47 Å². The second kappa shape index (κ2) is 7.12. The van der Waals surface area contributed by atoms with Gasteiger partial charge in [0.2, 0.25) is 0 Å². The van der Waals surface area contributed by atoms with Crippen molar-refractivity contribution in [3.8, 4) is 5.75 Å². The highest BCUT2D eigenvalue weighted by Crippen LogP contribution is 2.15. The second-order valence-electron chi connectivity index (χ2n) is 3.69. The molecule has 4 heteroatoms. The summed E-state index contributed by atoms with van der Waals surface area (Å²) in [5, 5.41) is 0. The molecule has 0 heterocycles. The number of hydrogen-bond donors (Lipinski definition) is 0. The Morgan fingerprint density at radius 3 is 2.47 bits per heavy atom. The Morgan fingerprint density at radius 2 is 1.88 bits per heavy atom. The van der Waals surface area contributed by atoms with Crippen LogP contribution in [0, 0.1) is 0 Å². The normalized spacial score (nSPS) is 9.59. The highest BCUT2D eigenvalue weighted by Gasteiger charge is 1.98. The molecule has 0 aliphatic heterocycles. The molecule has 0 saturated heterocycles. The van der Waals surface area contributed by atoms with E-state index in [2.05, 4.69) is 15.9 Å². The van der Waals surface area contributed by atoms with Crippen LogP contribution in [-0.2, 0) is 9.53 Å². The van der Waals surface area contributed by atoms with E-state index in [1.807, 2.05) is 38.1 Å². The van der Waals surface area contributed by atoms with E-state index in [9.17, 15) is 4.79 Å². The number of carbonyl (C=O) groups excluding carboxylic acids is 1. The van der Waals surface area contributed by atoms with Crippen molar-refractivity contribution in [2.75, 3.05) is 13.2 Å². The summed E-state index contributed by atoms with van der Waals surface area (Å²) >= 11 is 3.34. The van der Waals surface area contributed by atoms with Gasteiger partial charge in [-0.3, -0.25) is 0 Å². The molecule has 0 aliphatic carbocycles. The molecular weight excluding hydrogens is 284 g/mol. The van der Waals surface area contributed by atoms with Crippen molar-refractivity contribution < 1.29 is 14.3 Å².